The quantitative estimate of drug-likeness (QED) is 0.888. The zero-order valence-electron chi connectivity index (χ0n) is 11.1. The van der Waals surface area contributed by atoms with E-state index < -0.39 is 17.3 Å². The van der Waals surface area contributed by atoms with E-state index in [-0.39, 0.29) is 12.0 Å². The number of benzene rings is 1. The number of carboxylic acid groups (broad SMARTS) is 1. The van der Waals surface area contributed by atoms with Crippen LogP contribution >= 0.6 is 0 Å². The molecule has 0 saturated carbocycles. The van der Waals surface area contributed by atoms with Gasteiger partial charge in [0.2, 0.25) is 0 Å². The maximum atomic E-state index is 13.6. The number of hydrogen-bond donors (Lipinski definition) is 1. The third-order valence-corrected chi connectivity index (χ3v) is 2.97. The van der Waals surface area contributed by atoms with Crippen molar-refractivity contribution in [3.8, 4) is 0 Å². The summed E-state index contributed by atoms with van der Waals surface area (Å²) in [5.74, 6) is -3.97. The first-order chi connectivity index (χ1) is 8.04. The Bertz CT molecular complexity index is 459. The molecule has 1 rings (SSSR count). The molecule has 1 N–H and O–H groups in total. The topological polar surface area (TPSA) is 37.3 Å². The van der Waals surface area contributed by atoms with Gasteiger partial charge in [0.15, 0.2) is 0 Å². The van der Waals surface area contributed by atoms with Gasteiger partial charge in [-0.25, -0.2) is 8.78 Å². The van der Waals surface area contributed by atoms with E-state index in [0.29, 0.717) is 5.56 Å². The number of rotatable bonds is 4. The Morgan fingerprint density at radius 1 is 1.22 bits per heavy atom. The largest absolute Gasteiger partial charge is 0.481 e. The second-order valence-electron chi connectivity index (χ2n) is 5.39. The van der Waals surface area contributed by atoms with Crippen molar-refractivity contribution in [1.82, 2.24) is 0 Å². The van der Waals surface area contributed by atoms with Gasteiger partial charge in [-0.15, -0.1) is 0 Å². The van der Waals surface area contributed by atoms with Crippen LogP contribution in [0.4, 0.5) is 8.78 Å². The molecule has 0 aliphatic rings. The number of halogens is 2. The van der Waals surface area contributed by atoms with E-state index in [1.165, 1.54) is 6.07 Å². The Balaban J connectivity index is 3.37. The molecule has 0 aromatic heterocycles. The monoisotopic (exact) mass is 256 g/mol. The average Bonchev–Trinajstić information content (AvgIpc) is 2.13. The maximum Gasteiger partial charge on any atom is 0.304 e. The predicted octanol–water partition coefficient (Wildman–Crippen LogP) is 3.86. The number of carbonyl (C=O) groups is 1. The molecule has 0 fully saturated rings. The minimum atomic E-state index is -2.97. The van der Waals surface area contributed by atoms with E-state index in [4.69, 9.17) is 5.11 Å². The van der Waals surface area contributed by atoms with Crippen LogP contribution in [0.2, 0.25) is 0 Å². The van der Waals surface area contributed by atoms with Crippen LogP contribution in [0.3, 0.4) is 0 Å². The van der Waals surface area contributed by atoms with Crippen molar-refractivity contribution in [2.24, 2.45) is 0 Å². The van der Waals surface area contributed by atoms with Gasteiger partial charge in [-0.05, 0) is 12.5 Å². The molecule has 0 saturated heterocycles. The summed E-state index contributed by atoms with van der Waals surface area (Å²) in [6, 6.07) is 4.65. The summed E-state index contributed by atoms with van der Waals surface area (Å²) in [7, 11) is 0. The Hall–Kier alpha value is -1.45. The lowest BCUT2D eigenvalue weighted by atomic mass is 9.77. The van der Waals surface area contributed by atoms with Crippen LogP contribution in [0.1, 0.15) is 43.9 Å². The Kier molecular flexibility index (Phi) is 3.79. The van der Waals surface area contributed by atoms with E-state index in [0.717, 1.165) is 12.5 Å². The Morgan fingerprint density at radius 2 is 1.78 bits per heavy atom. The van der Waals surface area contributed by atoms with Gasteiger partial charge in [-0.1, -0.05) is 37.6 Å². The van der Waals surface area contributed by atoms with Crippen molar-refractivity contribution in [1.29, 1.82) is 0 Å². The van der Waals surface area contributed by atoms with Gasteiger partial charge < -0.3 is 5.11 Å². The smallest absolute Gasteiger partial charge is 0.304 e. The molecule has 0 bridgehead atoms. The van der Waals surface area contributed by atoms with Gasteiger partial charge in [0.1, 0.15) is 0 Å². The van der Waals surface area contributed by atoms with Crippen molar-refractivity contribution in [2.45, 2.75) is 45.5 Å². The summed E-state index contributed by atoms with van der Waals surface area (Å²) in [6.07, 6.45) is -0.181. The first kappa shape index (κ1) is 14.6. The SMILES string of the molecule is Cc1ccc(C(C)(F)F)c(C(C)(C)CC(=O)O)c1. The molecule has 1 aromatic carbocycles. The lowest BCUT2D eigenvalue weighted by molar-refractivity contribution is -0.138. The maximum absolute atomic E-state index is 13.6. The summed E-state index contributed by atoms with van der Waals surface area (Å²) in [4.78, 5) is 10.8. The van der Waals surface area contributed by atoms with Crippen LogP contribution in [-0.2, 0) is 16.1 Å². The molecule has 0 amide bonds. The Labute approximate surface area is 106 Å². The Morgan fingerprint density at radius 3 is 2.22 bits per heavy atom. The minimum absolute atomic E-state index is 0.0978. The van der Waals surface area contributed by atoms with Crippen LogP contribution in [0.15, 0.2) is 18.2 Å². The highest BCUT2D eigenvalue weighted by atomic mass is 19.3. The number of hydrogen-bond acceptors (Lipinski definition) is 1. The zero-order chi connectivity index (χ0) is 14.1. The van der Waals surface area contributed by atoms with Crippen molar-refractivity contribution < 1.29 is 18.7 Å². The van der Waals surface area contributed by atoms with Crippen LogP contribution in [0, 0.1) is 6.92 Å². The van der Waals surface area contributed by atoms with E-state index in [9.17, 15) is 13.6 Å². The normalized spacial score (nSPS) is 12.6. The lowest BCUT2D eigenvalue weighted by Crippen LogP contribution is -2.26. The summed E-state index contributed by atoms with van der Waals surface area (Å²) >= 11 is 0. The van der Waals surface area contributed by atoms with Crippen LogP contribution in [0.25, 0.3) is 0 Å². The van der Waals surface area contributed by atoms with Gasteiger partial charge in [0.25, 0.3) is 5.92 Å². The van der Waals surface area contributed by atoms with Crippen molar-refractivity contribution in [3.63, 3.8) is 0 Å². The highest BCUT2D eigenvalue weighted by Gasteiger charge is 2.34. The zero-order valence-corrected chi connectivity index (χ0v) is 11.1. The summed E-state index contributed by atoms with van der Waals surface area (Å²) in [5, 5.41) is 8.89. The fourth-order valence-electron chi connectivity index (χ4n) is 2.07. The molecule has 4 heteroatoms. The number of alkyl halides is 2. The highest BCUT2D eigenvalue weighted by Crippen LogP contribution is 2.38. The van der Waals surface area contributed by atoms with E-state index >= 15 is 0 Å². The summed E-state index contributed by atoms with van der Waals surface area (Å²) in [6.45, 7) is 5.98. The lowest BCUT2D eigenvalue weighted by Gasteiger charge is -2.28. The first-order valence-corrected chi connectivity index (χ1v) is 5.75. The van der Waals surface area contributed by atoms with Gasteiger partial charge >= 0.3 is 5.97 Å². The molecule has 0 radical (unpaired) electrons. The second kappa shape index (κ2) is 4.67. The molecule has 0 atom stereocenters. The molecule has 2 nitrogen and oxygen atoms in total. The number of aliphatic carboxylic acids is 1. The van der Waals surface area contributed by atoms with Gasteiger partial charge in [0, 0.05) is 17.9 Å². The molecular formula is C14H18F2O2. The molecule has 0 aliphatic carbocycles. The molecule has 1 aromatic rings. The average molecular weight is 256 g/mol. The first-order valence-electron chi connectivity index (χ1n) is 5.75. The predicted molar refractivity (Wildman–Crippen MR) is 66.0 cm³/mol. The molecule has 0 aliphatic heterocycles. The fourth-order valence-corrected chi connectivity index (χ4v) is 2.07. The van der Waals surface area contributed by atoms with E-state index in [2.05, 4.69) is 0 Å². The molecule has 0 heterocycles. The third-order valence-electron chi connectivity index (χ3n) is 2.97. The summed E-state index contributed by atoms with van der Waals surface area (Å²) in [5.41, 5.74) is 0.320. The minimum Gasteiger partial charge on any atom is -0.481 e. The number of aryl methyl sites for hydroxylation is 1. The molecular weight excluding hydrogens is 238 g/mol. The fraction of sp³-hybridized carbons (Fsp3) is 0.500. The molecule has 0 unspecified atom stereocenters. The van der Waals surface area contributed by atoms with Gasteiger partial charge in [0.05, 0.1) is 6.42 Å². The van der Waals surface area contributed by atoms with Gasteiger partial charge in [-0.3, -0.25) is 4.79 Å². The molecule has 100 valence electrons. The van der Waals surface area contributed by atoms with E-state index in [1.807, 2.05) is 0 Å². The van der Waals surface area contributed by atoms with E-state index in [1.54, 1.807) is 32.9 Å². The van der Waals surface area contributed by atoms with Crippen molar-refractivity contribution >= 4 is 5.97 Å². The van der Waals surface area contributed by atoms with Crippen molar-refractivity contribution in [2.75, 3.05) is 0 Å². The van der Waals surface area contributed by atoms with Crippen LogP contribution < -0.4 is 0 Å². The number of carboxylic acids is 1. The van der Waals surface area contributed by atoms with Crippen molar-refractivity contribution in [3.05, 3.63) is 34.9 Å². The summed E-state index contributed by atoms with van der Waals surface area (Å²) < 4.78 is 27.1. The highest BCUT2D eigenvalue weighted by molar-refractivity contribution is 5.69. The van der Waals surface area contributed by atoms with Gasteiger partial charge in [-0.2, -0.15) is 0 Å². The standard InChI is InChI=1S/C14H18F2O2/c1-9-5-6-10(14(4,15)16)11(7-9)13(2,3)8-12(17)18/h5-7H,8H2,1-4H3,(H,17,18). The molecule has 18 heavy (non-hydrogen) atoms. The second-order valence-corrected chi connectivity index (χ2v) is 5.39. The third kappa shape index (κ3) is 3.28. The molecule has 0 spiro atoms. The van der Waals surface area contributed by atoms with Crippen LogP contribution in [0.5, 0.6) is 0 Å². The van der Waals surface area contributed by atoms with Crippen LogP contribution in [-0.4, -0.2) is 11.1 Å².